The summed E-state index contributed by atoms with van der Waals surface area (Å²) >= 11 is 0. The van der Waals surface area contributed by atoms with Crippen LogP contribution in [0.4, 0.5) is 0 Å². The van der Waals surface area contributed by atoms with E-state index in [1.807, 2.05) is 0 Å². The first kappa shape index (κ1) is 8.50. The smallest absolute Gasteiger partial charge is 0.178 e. The molecule has 4 nitrogen and oxygen atoms in total. The number of hydrogen-bond donors (Lipinski definition) is 0. The lowest BCUT2D eigenvalue weighted by atomic mass is 10.2. The quantitative estimate of drug-likeness (QED) is 0.596. The molecule has 0 fully saturated rings. The van der Waals surface area contributed by atoms with Gasteiger partial charge in [-0.3, -0.25) is 9.00 Å². The van der Waals surface area contributed by atoms with Gasteiger partial charge in [0.15, 0.2) is 5.78 Å². The number of carbonyl (C=O) groups excluding carboxylic acids is 1. The van der Waals surface area contributed by atoms with Gasteiger partial charge >= 0.3 is 0 Å². The number of nitrogens with zero attached hydrogens (tertiary/aromatic N) is 2. The van der Waals surface area contributed by atoms with Gasteiger partial charge in [-0.05, 0) is 6.92 Å². The Morgan fingerprint density at radius 1 is 1.46 bits per heavy atom. The SMILES string of the molecule is Cc1ncc2c(n1)CS(=O)CC2=O. The minimum atomic E-state index is -1.08. The maximum Gasteiger partial charge on any atom is 0.178 e. The minimum absolute atomic E-state index is 0.111. The van der Waals surface area contributed by atoms with E-state index < -0.39 is 10.8 Å². The highest BCUT2D eigenvalue weighted by atomic mass is 32.2. The summed E-state index contributed by atoms with van der Waals surface area (Å²) in [6.07, 6.45) is 1.52. The molecule has 0 N–H and O–H groups in total. The van der Waals surface area contributed by atoms with E-state index in [1.165, 1.54) is 6.20 Å². The summed E-state index contributed by atoms with van der Waals surface area (Å²) in [7, 11) is -1.08. The molecule has 2 heterocycles. The van der Waals surface area contributed by atoms with Crippen LogP contribution < -0.4 is 0 Å². The number of aromatic nitrogens is 2. The van der Waals surface area contributed by atoms with Gasteiger partial charge in [-0.1, -0.05) is 0 Å². The Morgan fingerprint density at radius 2 is 2.23 bits per heavy atom. The van der Waals surface area contributed by atoms with E-state index in [0.29, 0.717) is 22.8 Å². The van der Waals surface area contributed by atoms with Crippen LogP contribution in [0.3, 0.4) is 0 Å². The van der Waals surface area contributed by atoms with Crippen molar-refractivity contribution in [2.45, 2.75) is 12.7 Å². The van der Waals surface area contributed by atoms with E-state index >= 15 is 0 Å². The van der Waals surface area contributed by atoms with E-state index in [-0.39, 0.29) is 11.5 Å². The third kappa shape index (κ3) is 1.51. The van der Waals surface area contributed by atoms with Crippen molar-refractivity contribution in [3.05, 3.63) is 23.3 Å². The van der Waals surface area contributed by atoms with E-state index in [4.69, 9.17) is 0 Å². The second kappa shape index (κ2) is 2.99. The van der Waals surface area contributed by atoms with Crippen LogP contribution in [0.1, 0.15) is 21.9 Å². The fraction of sp³-hybridized carbons (Fsp3) is 0.375. The Labute approximate surface area is 77.9 Å². The zero-order valence-electron chi connectivity index (χ0n) is 7.11. The van der Waals surface area contributed by atoms with Crippen molar-refractivity contribution < 1.29 is 9.00 Å². The molecule has 1 atom stereocenters. The molecule has 13 heavy (non-hydrogen) atoms. The van der Waals surface area contributed by atoms with Gasteiger partial charge in [0.2, 0.25) is 0 Å². The lowest BCUT2D eigenvalue weighted by molar-refractivity contribution is 0.101. The third-order valence-electron chi connectivity index (χ3n) is 1.88. The third-order valence-corrected chi connectivity index (χ3v) is 3.06. The molecule has 1 aromatic rings. The molecule has 0 radical (unpaired) electrons. The Balaban J connectivity index is 2.55. The van der Waals surface area contributed by atoms with Crippen molar-refractivity contribution in [2.24, 2.45) is 0 Å². The molecule has 1 aromatic heterocycles. The van der Waals surface area contributed by atoms with Crippen LogP contribution in [0.2, 0.25) is 0 Å². The van der Waals surface area contributed by atoms with Crippen LogP contribution in [0.25, 0.3) is 0 Å². The number of carbonyl (C=O) groups is 1. The first-order chi connectivity index (χ1) is 6.16. The normalized spacial score (nSPS) is 21.3. The van der Waals surface area contributed by atoms with Crippen molar-refractivity contribution in [1.29, 1.82) is 0 Å². The first-order valence-electron chi connectivity index (χ1n) is 3.87. The molecule has 0 spiro atoms. The molecule has 0 amide bonds. The molecular weight excluding hydrogens is 188 g/mol. The molecule has 68 valence electrons. The predicted molar refractivity (Wildman–Crippen MR) is 47.8 cm³/mol. The van der Waals surface area contributed by atoms with Crippen LogP contribution in [-0.2, 0) is 16.6 Å². The molecule has 0 saturated heterocycles. The number of Topliss-reactive ketones (excluding diaryl/α,β-unsaturated/α-hetero) is 1. The molecule has 0 aromatic carbocycles. The fourth-order valence-electron chi connectivity index (χ4n) is 1.29. The van der Waals surface area contributed by atoms with E-state index in [2.05, 4.69) is 9.97 Å². The molecule has 1 aliphatic rings. The van der Waals surface area contributed by atoms with Crippen molar-refractivity contribution in [3.8, 4) is 0 Å². The van der Waals surface area contributed by atoms with Crippen molar-refractivity contribution in [3.63, 3.8) is 0 Å². The van der Waals surface area contributed by atoms with Gasteiger partial charge in [-0.2, -0.15) is 0 Å². The lowest BCUT2D eigenvalue weighted by Gasteiger charge is -2.12. The van der Waals surface area contributed by atoms with Gasteiger partial charge in [0, 0.05) is 17.0 Å². The monoisotopic (exact) mass is 196 g/mol. The van der Waals surface area contributed by atoms with Crippen LogP contribution in [0.15, 0.2) is 6.20 Å². The Bertz CT molecular complexity index is 403. The zero-order chi connectivity index (χ0) is 9.42. The van der Waals surface area contributed by atoms with E-state index in [9.17, 15) is 9.00 Å². The number of fused-ring (bicyclic) bond motifs is 1. The topological polar surface area (TPSA) is 59.9 Å². The van der Waals surface area contributed by atoms with Crippen molar-refractivity contribution in [1.82, 2.24) is 9.97 Å². The standard InChI is InChI=1S/C8H8N2O2S/c1-5-9-2-6-7(10-5)3-13(12)4-8(6)11/h2H,3-4H2,1H3. The molecule has 5 heteroatoms. The van der Waals surface area contributed by atoms with Gasteiger partial charge in [-0.25, -0.2) is 9.97 Å². The van der Waals surface area contributed by atoms with Crippen LogP contribution >= 0.6 is 0 Å². The Hall–Kier alpha value is -1.10. The summed E-state index contributed by atoms with van der Waals surface area (Å²) in [5, 5.41) is 0. The highest BCUT2D eigenvalue weighted by Crippen LogP contribution is 2.15. The number of ketones is 1. The first-order valence-corrected chi connectivity index (χ1v) is 5.36. The Morgan fingerprint density at radius 3 is 3.00 bits per heavy atom. The summed E-state index contributed by atoms with van der Waals surface area (Å²) in [6.45, 7) is 1.75. The van der Waals surface area contributed by atoms with Crippen molar-refractivity contribution >= 4 is 16.6 Å². The predicted octanol–water partition coefficient (Wildman–Crippen LogP) is 0.230. The summed E-state index contributed by atoms with van der Waals surface area (Å²) in [6, 6.07) is 0. The van der Waals surface area contributed by atoms with Gasteiger partial charge in [-0.15, -0.1) is 0 Å². The average Bonchev–Trinajstić information content (AvgIpc) is 2.02. The molecule has 0 saturated carbocycles. The zero-order valence-corrected chi connectivity index (χ0v) is 7.93. The van der Waals surface area contributed by atoms with Crippen LogP contribution in [0.5, 0.6) is 0 Å². The maximum atomic E-state index is 11.3. The largest absolute Gasteiger partial charge is 0.293 e. The number of hydrogen-bond acceptors (Lipinski definition) is 4. The summed E-state index contributed by atoms with van der Waals surface area (Å²) in [5.41, 5.74) is 1.16. The lowest BCUT2D eigenvalue weighted by Crippen LogP contribution is -2.22. The van der Waals surface area contributed by atoms with Crippen LogP contribution in [0, 0.1) is 6.92 Å². The molecular formula is C8H8N2O2S. The van der Waals surface area contributed by atoms with Gasteiger partial charge in [0.05, 0.1) is 22.8 Å². The molecule has 0 aliphatic carbocycles. The summed E-state index contributed by atoms with van der Waals surface area (Å²) in [5.74, 6) is 0.995. The second-order valence-electron chi connectivity index (χ2n) is 2.93. The van der Waals surface area contributed by atoms with E-state index in [1.54, 1.807) is 6.92 Å². The highest BCUT2D eigenvalue weighted by Gasteiger charge is 2.23. The van der Waals surface area contributed by atoms with Gasteiger partial charge in [0.25, 0.3) is 0 Å². The van der Waals surface area contributed by atoms with Crippen LogP contribution in [-0.4, -0.2) is 25.7 Å². The summed E-state index contributed by atoms with van der Waals surface area (Å²) in [4.78, 5) is 19.4. The average molecular weight is 196 g/mol. The van der Waals surface area contributed by atoms with E-state index in [0.717, 1.165) is 0 Å². The molecule has 0 bridgehead atoms. The minimum Gasteiger partial charge on any atom is -0.293 e. The molecule has 1 unspecified atom stereocenters. The second-order valence-corrected chi connectivity index (χ2v) is 4.39. The van der Waals surface area contributed by atoms with Gasteiger partial charge in [0.1, 0.15) is 5.82 Å². The molecule has 1 aliphatic heterocycles. The number of aryl methyl sites for hydroxylation is 1. The highest BCUT2D eigenvalue weighted by molar-refractivity contribution is 7.85. The van der Waals surface area contributed by atoms with Crippen molar-refractivity contribution in [2.75, 3.05) is 5.75 Å². The van der Waals surface area contributed by atoms with Gasteiger partial charge < -0.3 is 0 Å². The number of rotatable bonds is 0. The summed E-state index contributed by atoms with van der Waals surface area (Å²) < 4.78 is 11.2. The Kier molecular flexibility index (Phi) is 1.95. The maximum absolute atomic E-state index is 11.3. The fourth-order valence-corrected chi connectivity index (χ4v) is 2.36. The molecule has 2 rings (SSSR count).